The molecular weight excluding hydrogens is 280 g/mol. The summed E-state index contributed by atoms with van der Waals surface area (Å²) in [6.07, 6.45) is 1.13. The van der Waals surface area contributed by atoms with Crippen LogP contribution in [0.2, 0.25) is 0 Å². The van der Waals surface area contributed by atoms with Gasteiger partial charge in [-0.15, -0.1) is 11.8 Å². The zero-order valence-corrected chi connectivity index (χ0v) is 12.6. The SMILES string of the molecule is CN1CCCN(C)C(c2noc(CSCC(=O)O)n2)C1. The van der Waals surface area contributed by atoms with E-state index >= 15 is 0 Å². The molecule has 1 aromatic rings. The molecule has 7 nitrogen and oxygen atoms in total. The highest BCUT2D eigenvalue weighted by Gasteiger charge is 2.26. The third-order valence-corrected chi connectivity index (χ3v) is 4.20. The molecule has 1 aromatic heterocycles. The Morgan fingerprint density at radius 1 is 1.50 bits per heavy atom. The number of hydrogen-bond acceptors (Lipinski definition) is 7. The Kier molecular flexibility index (Phi) is 5.38. The van der Waals surface area contributed by atoms with Gasteiger partial charge in [0, 0.05) is 6.54 Å². The lowest BCUT2D eigenvalue weighted by Gasteiger charge is -2.24. The van der Waals surface area contributed by atoms with Crippen LogP contribution in [0.1, 0.15) is 24.2 Å². The Morgan fingerprint density at radius 2 is 2.30 bits per heavy atom. The van der Waals surface area contributed by atoms with E-state index in [1.165, 1.54) is 11.8 Å². The van der Waals surface area contributed by atoms with Gasteiger partial charge in [0.05, 0.1) is 17.5 Å². The van der Waals surface area contributed by atoms with Crippen LogP contribution in [0.15, 0.2) is 4.52 Å². The minimum atomic E-state index is -0.833. The van der Waals surface area contributed by atoms with Crippen LogP contribution >= 0.6 is 11.8 Å². The van der Waals surface area contributed by atoms with E-state index in [4.69, 9.17) is 9.63 Å². The standard InChI is InChI=1S/C12H20N4O3S/c1-15-4-3-5-16(2)9(6-15)12-13-10(19-14-12)7-20-8-11(17)18/h9H,3-8H2,1-2H3,(H,17,18). The van der Waals surface area contributed by atoms with Crippen LogP contribution in [-0.2, 0) is 10.5 Å². The molecule has 0 aromatic carbocycles. The van der Waals surface area contributed by atoms with Gasteiger partial charge in [-0.25, -0.2) is 0 Å². The molecule has 0 bridgehead atoms. The summed E-state index contributed by atoms with van der Waals surface area (Å²) in [6.45, 7) is 2.95. The van der Waals surface area contributed by atoms with Crippen LogP contribution in [0.3, 0.4) is 0 Å². The van der Waals surface area contributed by atoms with E-state index < -0.39 is 5.97 Å². The monoisotopic (exact) mass is 300 g/mol. The maximum atomic E-state index is 10.5. The number of aliphatic carboxylic acids is 1. The quantitative estimate of drug-likeness (QED) is 0.850. The van der Waals surface area contributed by atoms with E-state index in [0.717, 1.165) is 26.1 Å². The average Bonchev–Trinajstić information content (AvgIpc) is 2.77. The summed E-state index contributed by atoms with van der Waals surface area (Å²) < 4.78 is 5.20. The van der Waals surface area contributed by atoms with Crippen molar-refractivity contribution in [1.29, 1.82) is 0 Å². The van der Waals surface area contributed by atoms with Crippen molar-refractivity contribution in [2.45, 2.75) is 18.2 Å². The van der Waals surface area contributed by atoms with Gasteiger partial charge in [-0.3, -0.25) is 9.69 Å². The van der Waals surface area contributed by atoms with Crippen LogP contribution in [0.5, 0.6) is 0 Å². The van der Waals surface area contributed by atoms with Gasteiger partial charge in [0.2, 0.25) is 5.89 Å². The molecule has 1 N–H and O–H groups in total. The number of carboxylic acid groups (broad SMARTS) is 1. The molecule has 112 valence electrons. The van der Waals surface area contributed by atoms with Gasteiger partial charge in [0.15, 0.2) is 5.82 Å². The molecule has 0 aliphatic carbocycles. The maximum Gasteiger partial charge on any atom is 0.313 e. The van der Waals surface area contributed by atoms with Gasteiger partial charge >= 0.3 is 5.97 Å². The topological polar surface area (TPSA) is 82.7 Å². The molecule has 2 rings (SSSR count). The van der Waals surface area contributed by atoms with Crippen molar-refractivity contribution >= 4 is 17.7 Å². The van der Waals surface area contributed by atoms with Gasteiger partial charge in [-0.1, -0.05) is 5.16 Å². The number of carbonyl (C=O) groups is 1. The smallest absolute Gasteiger partial charge is 0.313 e. The Hall–Kier alpha value is -1.12. The molecule has 1 fully saturated rings. The molecule has 1 unspecified atom stereocenters. The van der Waals surface area contributed by atoms with Crippen molar-refractivity contribution in [2.75, 3.05) is 39.5 Å². The number of nitrogens with zero attached hydrogens (tertiary/aromatic N) is 4. The van der Waals surface area contributed by atoms with Crippen LogP contribution in [-0.4, -0.2) is 70.5 Å². The predicted octanol–water partition coefficient (Wildman–Crippen LogP) is 0.696. The molecule has 2 heterocycles. The molecule has 1 atom stereocenters. The largest absolute Gasteiger partial charge is 0.481 e. The lowest BCUT2D eigenvalue weighted by Crippen LogP contribution is -2.31. The zero-order valence-electron chi connectivity index (χ0n) is 11.8. The number of thioether (sulfide) groups is 1. The molecule has 1 saturated heterocycles. The maximum absolute atomic E-state index is 10.5. The highest BCUT2D eigenvalue weighted by atomic mass is 32.2. The first-order chi connectivity index (χ1) is 9.56. The lowest BCUT2D eigenvalue weighted by atomic mass is 10.2. The normalized spacial score (nSPS) is 21.8. The first-order valence-electron chi connectivity index (χ1n) is 6.57. The molecule has 0 amide bonds. The van der Waals surface area contributed by atoms with Crippen LogP contribution in [0, 0.1) is 0 Å². The Morgan fingerprint density at radius 3 is 3.05 bits per heavy atom. The summed E-state index contributed by atoms with van der Waals surface area (Å²) in [6, 6.07) is 0.129. The summed E-state index contributed by atoms with van der Waals surface area (Å²) in [7, 11) is 4.16. The van der Waals surface area contributed by atoms with E-state index in [2.05, 4.69) is 34.0 Å². The third kappa shape index (κ3) is 4.19. The van der Waals surface area contributed by atoms with Gasteiger partial charge in [-0.05, 0) is 33.6 Å². The minimum Gasteiger partial charge on any atom is -0.481 e. The number of hydrogen-bond donors (Lipinski definition) is 1. The Bertz CT molecular complexity index is 454. The first kappa shape index (κ1) is 15.3. The third-order valence-electron chi connectivity index (χ3n) is 3.30. The van der Waals surface area contributed by atoms with Crippen LogP contribution < -0.4 is 0 Å². The second kappa shape index (κ2) is 7.05. The van der Waals surface area contributed by atoms with E-state index in [1.54, 1.807) is 0 Å². The fraction of sp³-hybridized carbons (Fsp3) is 0.750. The molecule has 8 heteroatoms. The predicted molar refractivity (Wildman–Crippen MR) is 75.6 cm³/mol. The Balaban J connectivity index is 1.97. The van der Waals surface area contributed by atoms with E-state index in [-0.39, 0.29) is 11.8 Å². The van der Waals surface area contributed by atoms with E-state index in [9.17, 15) is 4.79 Å². The summed E-state index contributed by atoms with van der Waals surface area (Å²) in [5.74, 6) is 0.827. The number of aromatic nitrogens is 2. The van der Waals surface area contributed by atoms with E-state index in [0.29, 0.717) is 17.5 Å². The van der Waals surface area contributed by atoms with Gasteiger partial charge in [-0.2, -0.15) is 4.98 Å². The van der Waals surface area contributed by atoms with Crippen LogP contribution in [0.25, 0.3) is 0 Å². The first-order valence-corrected chi connectivity index (χ1v) is 7.72. The molecule has 1 aliphatic heterocycles. The molecule has 0 spiro atoms. The second-order valence-corrected chi connectivity index (χ2v) is 6.03. The Labute approximate surface area is 122 Å². The summed E-state index contributed by atoms with van der Waals surface area (Å²) >= 11 is 1.26. The molecule has 20 heavy (non-hydrogen) atoms. The van der Waals surface area contributed by atoms with Crippen molar-refractivity contribution in [2.24, 2.45) is 0 Å². The second-order valence-electron chi connectivity index (χ2n) is 5.05. The highest BCUT2D eigenvalue weighted by Crippen LogP contribution is 2.21. The average molecular weight is 300 g/mol. The van der Waals surface area contributed by atoms with Crippen molar-refractivity contribution in [3.8, 4) is 0 Å². The van der Waals surface area contributed by atoms with Gasteiger partial charge in [0.25, 0.3) is 0 Å². The fourth-order valence-electron chi connectivity index (χ4n) is 2.24. The van der Waals surface area contributed by atoms with Crippen LogP contribution in [0.4, 0.5) is 0 Å². The molecule has 0 radical (unpaired) electrons. The zero-order chi connectivity index (χ0) is 14.5. The summed E-state index contributed by atoms with van der Waals surface area (Å²) in [5, 5.41) is 12.6. The van der Waals surface area contributed by atoms with Gasteiger partial charge < -0.3 is 14.5 Å². The molecule has 0 saturated carbocycles. The van der Waals surface area contributed by atoms with Crippen molar-refractivity contribution < 1.29 is 14.4 Å². The number of carboxylic acids is 1. The van der Waals surface area contributed by atoms with Crippen molar-refractivity contribution in [3.63, 3.8) is 0 Å². The van der Waals surface area contributed by atoms with Crippen molar-refractivity contribution in [3.05, 3.63) is 11.7 Å². The van der Waals surface area contributed by atoms with Crippen molar-refractivity contribution in [1.82, 2.24) is 19.9 Å². The van der Waals surface area contributed by atoms with E-state index in [1.807, 2.05) is 0 Å². The molecular formula is C12H20N4O3S. The molecule has 1 aliphatic rings. The lowest BCUT2D eigenvalue weighted by molar-refractivity contribution is -0.133. The number of rotatable bonds is 5. The summed E-state index contributed by atoms with van der Waals surface area (Å²) in [5.41, 5.74) is 0. The highest BCUT2D eigenvalue weighted by molar-refractivity contribution is 7.99. The number of likely N-dealkylation sites (N-methyl/N-ethyl adjacent to an activating group) is 2. The summed E-state index contributed by atoms with van der Waals surface area (Å²) in [4.78, 5) is 19.4. The van der Waals surface area contributed by atoms with Gasteiger partial charge in [0.1, 0.15) is 0 Å². The minimum absolute atomic E-state index is 0.0454. The fourth-order valence-corrected chi connectivity index (χ4v) is 2.81.